The van der Waals surface area contributed by atoms with Crippen molar-refractivity contribution in [3.63, 3.8) is 0 Å². The Kier molecular flexibility index (Phi) is 6.62. The Morgan fingerprint density at radius 2 is 1.65 bits per heavy atom. The molecule has 2 amide bonds. The predicted octanol–water partition coefficient (Wildman–Crippen LogP) is 3.89. The molecule has 4 rings (SSSR count). The molecule has 1 aliphatic rings. The van der Waals surface area contributed by atoms with E-state index in [1.807, 2.05) is 65.6 Å². The van der Waals surface area contributed by atoms with E-state index in [-0.39, 0.29) is 17.9 Å². The lowest BCUT2D eigenvalue weighted by Crippen LogP contribution is -2.46. The summed E-state index contributed by atoms with van der Waals surface area (Å²) in [5, 5.41) is 3.12. The van der Waals surface area contributed by atoms with Crippen molar-refractivity contribution < 1.29 is 9.59 Å². The van der Waals surface area contributed by atoms with Crippen molar-refractivity contribution in [1.29, 1.82) is 0 Å². The van der Waals surface area contributed by atoms with E-state index in [9.17, 15) is 9.59 Å². The summed E-state index contributed by atoms with van der Waals surface area (Å²) in [7, 11) is 0. The zero-order valence-electron chi connectivity index (χ0n) is 17.3. The lowest BCUT2D eigenvalue weighted by Gasteiger charge is -2.32. The van der Waals surface area contributed by atoms with E-state index >= 15 is 0 Å². The first kappa shape index (κ1) is 21.1. The number of aromatic nitrogens is 2. The molecule has 0 aliphatic carbocycles. The summed E-state index contributed by atoms with van der Waals surface area (Å²) in [5.74, 6) is 0.0157. The Balaban J connectivity index is 1.32. The van der Waals surface area contributed by atoms with Gasteiger partial charge >= 0.3 is 0 Å². The molecular formula is C24H26N4O2S. The van der Waals surface area contributed by atoms with Crippen LogP contribution in [-0.4, -0.2) is 45.4 Å². The fourth-order valence-electron chi connectivity index (χ4n) is 3.95. The van der Waals surface area contributed by atoms with Crippen LogP contribution in [0.15, 0.2) is 66.9 Å². The van der Waals surface area contributed by atoms with Gasteiger partial charge in [0.05, 0.1) is 0 Å². The lowest BCUT2D eigenvalue weighted by molar-refractivity contribution is -0.122. The Labute approximate surface area is 186 Å². The third kappa shape index (κ3) is 5.11. The van der Waals surface area contributed by atoms with Gasteiger partial charge < -0.3 is 15.2 Å². The number of likely N-dealkylation sites (tertiary alicyclic amines) is 1. The van der Waals surface area contributed by atoms with Crippen molar-refractivity contribution in [1.82, 2.24) is 19.8 Å². The number of rotatable bonds is 6. The SMILES string of the molecule is O=C(CCc1ccccc1)NC1CCN(C(=O)c2c[nH]c(=S)n2-c2ccccc2)CC1. The van der Waals surface area contributed by atoms with Gasteiger partial charge in [0.15, 0.2) is 4.77 Å². The number of aryl methyl sites for hydroxylation is 1. The number of piperidine rings is 1. The van der Waals surface area contributed by atoms with Gasteiger partial charge in [0, 0.05) is 37.4 Å². The van der Waals surface area contributed by atoms with E-state index in [1.54, 1.807) is 10.8 Å². The number of aromatic amines is 1. The molecule has 31 heavy (non-hydrogen) atoms. The fourth-order valence-corrected chi connectivity index (χ4v) is 4.21. The molecule has 6 nitrogen and oxygen atoms in total. The van der Waals surface area contributed by atoms with E-state index in [0.29, 0.717) is 30.0 Å². The van der Waals surface area contributed by atoms with Gasteiger partial charge in [-0.1, -0.05) is 48.5 Å². The molecule has 0 bridgehead atoms. The van der Waals surface area contributed by atoms with Crippen LogP contribution in [0.4, 0.5) is 0 Å². The van der Waals surface area contributed by atoms with E-state index in [1.165, 1.54) is 0 Å². The van der Waals surface area contributed by atoms with Crippen molar-refractivity contribution in [3.05, 3.63) is 82.9 Å². The van der Waals surface area contributed by atoms with Crippen molar-refractivity contribution in [2.45, 2.75) is 31.7 Å². The minimum absolute atomic E-state index is 0.0509. The molecule has 1 aromatic heterocycles. The summed E-state index contributed by atoms with van der Waals surface area (Å²) < 4.78 is 2.27. The number of nitrogens with one attached hydrogen (secondary N) is 2. The molecule has 0 spiro atoms. The zero-order valence-corrected chi connectivity index (χ0v) is 18.1. The van der Waals surface area contributed by atoms with Gasteiger partial charge in [-0.2, -0.15) is 0 Å². The number of hydrogen-bond donors (Lipinski definition) is 2. The maximum atomic E-state index is 13.1. The lowest BCUT2D eigenvalue weighted by atomic mass is 10.0. The summed E-state index contributed by atoms with van der Waals surface area (Å²) in [6.45, 7) is 1.21. The van der Waals surface area contributed by atoms with Gasteiger partial charge in [0.2, 0.25) is 5.91 Å². The number of amides is 2. The molecule has 3 aromatic rings. The van der Waals surface area contributed by atoms with Crippen LogP contribution >= 0.6 is 12.2 Å². The van der Waals surface area contributed by atoms with E-state index in [4.69, 9.17) is 12.2 Å². The van der Waals surface area contributed by atoms with Crippen LogP contribution < -0.4 is 5.32 Å². The quantitative estimate of drug-likeness (QED) is 0.579. The topological polar surface area (TPSA) is 70.1 Å². The number of hydrogen-bond acceptors (Lipinski definition) is 3. The molecule has 2 aromatic carbocycles. The maximum absolute atomic E-state index is 13.1. The highest BCUT2D eigenvalue weighted by Gasteiger charge is 2.26. The van der Waals surface area contributed by atoms with Gasteiger partial charge in [-0.3, -0.25) is 14.2 Å². The van der Waals surface area contributed by atoms with Crippen LogP contribution in [-0.2, 0) is 11.2 Å². The number of H-pyrrole nitrogens is 1. The third-order valence-corrected chi connectivity index (χ3v) is 5.94. The third-order valence-electron chi connectivity index (χ3n) is 5.64. The van der Waals surface area contributed by atoms with Crippen molar-refractivity contribution in [3.8, 4) is 5.69 Å². The highest BCUT2D eigenvalue weighted by atomic mass is 32.1. The van der Waals surface area contributed by atoms with Gasteiger partial charge in [-0.15, -0.1) is 0 Å². The summed E-state index contributed by atoms with van der Waals surface area (Å²) in [6.07, 6.45) is 4.39. The molecule has 0 atom stereocenters. The molecule has 160 valence electrons. The molecule has 1 aliphatic heterocycles. The smallest absolute Gasteiger partial charge is 0.272 e. The summed E-state index contributed by atoms with van der Waals surface area (Å²) in [4.78, 5) is 30.3. The molecule has 2 heterocycles. The average Bonchev–Trinajstić information content (AvgIpc) is 3.20. The molecule has 2 N–H and O–H groups in total. The van der Waals surface area contributed by atoms with Gasteiger partial charge in [0.25, 0.3) is 5.91 Å². The summed E-state index contributed by atoms with van der Waals surface area (Å²) >= 11 is 5.39. The zero-order chi connectivity index (χ0) is 21.6. The number of nitrogens with zero attached hydrogens (tertiary/aromatic N) is 2. The molecule has 7 heteroatoms. The Morgan fingerprint density at radius 3 is 2.32 bits per heavy atom. The van der Waals surface area contributed by atoms with Crippen LogP contribution in [0.2, 0.25) is 0 Å². The highest BCUT2D eigenvalue weighted by molar-refractivity contribution is 7.71. The maximum Gasteiger partial charge on any atom is 0.272 e. The molecule has 1 fully saturated rings. The van der Waals surface area contributed by atoms with Crippen LogP contribution in [0, 0.1) is 4.77 Å². The number of carbonyl (C=O) groups excluding carboxylic acids is 2. The van der Waals surface area contributed by atoms with Crippen LogP contribution in [0.3, 0.4) is 0 Å². The highest BCUT2D eigenvalue weighted by Crippen LogP contribution is 2.18. The van der Waals surface area contributed by atoms with Crippen molar-refractivity contribution in [2.75, 3.05) is 13.1 Å². The van der Waals surface area contributed by atoms with Crippen LogP contribution in [0.5, 0.6) is 0 Å². The minimum Gasteiger partial charge on any atom is -0.353 e. The number of benzene rings is 2. The van der Waals surface area contributed by atoms with E-state index < -0.39 is 0 Å². The first-order valence-electron chi connectivity index (χ1n) is 10.6. The summed E-state index contributed by atoms with van der Waals surface area (Å²) in [5.41, 5.74) is 2.55. The van der Waals surface area contributed by atoms with E-state index in [2.05, 4.69) is 10.3 Å². The molecule has 0 radical (unpaired) electrons. The minimum atomic E-state index is -0.0509. The first-order chi connectivity index (χ1) is 15.1. The monoisotopic (exact) mass is 434 g/mol. The molecule has 0 saturated carbocycles. The molecular weight excluding hydrogens is 408 g/mol. The van der Waals surface area contributed by atoms with Crippen LogP contribution in [0.25, 0.3) is 5.69 Å². The molecule has 0 unspecified atom stereocenters. The predicted molar refractivity (Wildman–Crippen MR) is 123 cm³/mol. The van der Waals surface area contributed by atoms with Crippen molar-refractivity contribution in [2.24, 2.45) is 0 Å². The second-order valence-corrected chi connectivity index (χ2v) is 8.16. The average molecular weight is 435 g/mol. The van der Waals surface area contributed by atoms with Gasteiger partial charge in [-0.05, 0) is 49.2 Å². The van der Waals surface area contributed by atoms with Crippen molar-refractivity contribution >= 4 is 24.0 Å². The fraction of sp³-hybridized carbons (Fsp3) is 0.292. The van der Waals surface area contributed by atoms with Gasteiger partial charge in [0.1, 0.15) is 5.69 Å². The number of carbonyl (C=O) groups is 2. The number of para-hydroxylation sites is 1. The first-order valence-corrected chi connectivity index (χ1v) is 11.0. The standard InChI is InChI=1S/C24H26N4O2S/c29-22(12-11-18-7-3-1-4-8-18)26-19-13-15-27(16-14-19)23(30)21-17-25-24(31)28(21)20-9-5-2-6-10-20/h1-10,17,19H,11-16H2,(H,25,31)(H,26,29). The summed E-state index contributed by atoms with van der Waals surface area (Å²) in [6, 6.07) is 19.8. The Hall–Kier alpha value is -3.19. The largest absolute Gasteiger partial charge is 0.353 e. The Bertz CT molecular complexity index is 1080. The number of imidazole rings is 1. The van der Waals surface area contributed by atoms with Crippen LogP contribution in [0.1, 0.15) is 35.3 Å². The molecule has 1 saturated heterocycles. The Morgan fingerprint density at radius 1 is 1.00 bits per heavy atom. The van der Waals surface area contributed by atoms with E-state index in [0.717, 1.165) is 30.5 Å². The second kappa shape index (κ2) is 9.75. The normalized spacial score (nSPS) is 14.4. The van der Waals surface area contributed by atoms with Gasteiger partial charge in [-0.25, -0.2) is 0 Å². The second-order valence-electron chi connectivity index (χ2n) is 7.77.